The van der Waals surface area contributed by atoms with Crippen molar-refractivity contribution in [1.29, 1.82) is 0 Å². The van der Waals surface area contributed by atoms with E-state index in [1.54, 1.807) is 7.11 Å². The zero-order valence-corrected chi connectivity index (χ0v) is 13.4. The van der Waals surface area contributed by atoms with Crippen molar-refractivity contribution in [3.8, 4) is 11.4 Å². The van der Waals surface area contributed by atoms with Gasteiger partial charge < -0.3 is 10.1 Å². The Hall–Kier alpha value is -2.21. The number of nitrogens with one attached hydrogen (secondary N) is 1. The molecule has 1 amide bonds. The summed E-state index contributed by atoms with van der Waals surface area (Å²) in [7, 11) is 1.63. The molecule has 1 aliphatic heterocycles. The van der Waals surface area contributed by atoms with Crippen LogP contribution in [0.3, 0.4) is 0 Å². The van der Waals surface area contributed by atoms with E-state index < -0.39 is 0 Å². The predicted octanol–water partition coefficient (Wildman–Crippen LogP) is 1.98. The van der Waals surface area contributed by atoms with Gasteiger partial charge in [-0.3, -0.25) is 9.36 Å². The number of amides is 1. The summed E-state index contributed by atoms with van der Waals surface area (Å²) in [4.78, 5) is 12.6. The van der Waals surface area contributed by atoms with Gasteiger partial charge in [-0.05, 0) is 12.8 Å². The molecular formula is C17H22N4O2. The Kier molecular flexibility index (Phi) is 5.02. The van der Waals surface area contributed by atoms with Gasteiger partial charge in [0, 0.05) is 25.6 Å². The molecule has 0 fully saturated rings. The largest absolute Gasteiger partial charge is 0.383 e. The van der Waals surface area contributed by atoms with Crippen molar-refractivity contribution in [3.05, 3.63) is 36.2 Å². The van der Waals surface area contributed by atoms with Gasteiger partial charge in [0.1, 0.15) is 11.9 Å². The summed E-state index contributed by atoms with van der Waals surface area (Å²) < 4.78 is 7.02. The Labute approximate surface area is 135 Å². The van der Waals surface area contributed by atoms with E-state index in [4.69, 9.17) is 4.74 Å². The minimum atomic E-state index is -0.255. The lowest BCUT2D eigenvalue weighted by Crippen LogP contribution is -2.35. The van der Waals surface area contributed by atoms with Crippen LogP contribution in [0.25, 0.3) is 11.4 Å². The topological polar surface area (TPSA) is 69.0 Å². The fraction of sp³-hybridized carbons (Fsp3) is 0.471. The number of carbonyl (C=O) groups excluding carboxylic acids is 1. The van der Waals surface area contributed by atoms with E-state index >= 15 is 0 Å². The Morgan fingerprint density at radius 1 is 1.30 bits per heavy atom. The van der Waals surface area contributed by atoms with Crippen LogP contribution in [-0.4, -0.2) is 40.9 Å². The van der Waals surface area contributed by atoms with Crippen molar-refractivity contribution < 1.29 is 9.53 Å². The first kappa shape index (κ1) is 15.7. The molecule has 0 bridgehead atoms. The number of rotatable bonds is 5. The lowest BCUT2D eigenvalue weighted by atomic mass is 10.1. The SMILES string of the molecule is COCCNC(=O)C1CCCCc2nnc(-c3ccccc3)n21. The van der Waals surface area contributed by atoms with Crippen LogP contribution >= 0.6 is 0 Å². The Morgan fingerprint density at radius 2 is 2.13 bits per heavy atom. The molecule has 1 atom stereocenters. The molecule has 0 saturated carbocycles. The Balaban J connectivity index is 1.92. The summed E-state index contributed by atoms with van der Waals surface area (Å²) >= 11 is 0. The van der Waals surface area contributed by atoms with Crippen molar-refractivity contribution in [3.63, 3.8) is 0 Å². The van der Waals surface area contributed by atoms with Crippen molar-refractivity contribution in [2.24, 2.45) is 0 Å². The van der Waals surface area contributed by atoms with Gasteiger partial charge in [-0.1, -0.05) is 36.8 Å². The molecule has 2 aromatic rings. The molecule has 0 aliphatic carbocycles. The first-order valence-corrected chi connectivity index (χ1v) is 8.07. The summed E-state index contributed by atoms with van der Waals surface area (Å²) in [5.41, 5.74) is 0.989. The van der Waals surface area contributed by atoms with Crippen molar-refractivity contribution in [2.75, 3.05) is 20.3 Å². The molecular weight excluding hydrogens is 292 g/mol. The average molecular weight is 314 g/mol. The van der Waals surface area contributed by atoms with E-state index in [0.717, 1.165) is 42.9 Å². The number of aryl methyl sites for hydroxylation is 1. The summed E-state index contributed by atoms with van der Waals surface area (Å²) in [6, 6.07) is 9.67. The highest BCUT2D eigenvalue weighted by atomic mass is 16.5. The zero-order valence-electron chi connectivity index (χ0n) is 13.4. The summed E-state index contributed by atoms with van der Waals surface area (Å²) in [6.45, 7) is 1.03. The van der Waals surface area contributed by atoms with Gasteiger partial charge in [0.25, 0.3) is 0 Å². The highest BCUT2D eigenvalue weighted by molar-refractivity contribution is 5.81. The molecule has 0 saturated heterocycles. The van der Waals surface area contributed by atoms with Gasteiger partial charge in [0.15, 0.2) is 5.82 Å². The molecule has 1 N–H and O–H groups in total. The van der Waals surface area contributed by atoms with Crippen LogP contribution in [0.4, 0.5) is 0 Å². The normalized spacial score (nSPS) is 17.3. The second-order valence-corrected chi connectivity index (χ2v) is 5.72. The quantitative estimate of drug-likeness (QED) is 0.857. The zero-order chi connectivity index (χ0) is 16.1. The number of aromatic nitrogens is 3. The monoisotopic (exact) mass is 314 g/mol. The third kappa shape index (κ3) is 3.42. The second-order valence-electron chi connectivity index (χ2n) is 5.72. The maximum absolute atomic E-state index is 12.6. The van der Waals surface area contributed by atoms with Gasteiger partial charge in [-0.25, -0.2) is 0 Å². The number of hydrogen-bond donors (Lipinski definition) is 1. The number of ether oxygens (including phenoxy) is 1. The fourth-order valence-electron chi connectivity index (χ4n) is 3.00. The molecule has 23 heavy (non-hydrogen) atoms. The molecule has 6 heteroatoms. The number of carbonyl (C=O) groups is 1. The van der Waals surface area contributed by atoms with E-state index in [0.29, 0.717) is 13.2 Å². The van der Waals surface area contributed by atoms with Crippen LogP contribution in [0.2, 0.25) is 0 Å². The van der Waals surface area contributed by atoms with E-state index in [9.17, 15) is 4.79 Å². The number of hydrogen-bond acceptors (Lipinski definition) is 4. The van der Waals surface area contributed by atoms with E-state index in [2.05, 4.69) is 15.5 Å². The molecule has 1 aromatic carbocycles. The minimum absolute atomic E-state index is 0.0159. The lowest BCUT2D eigenvalue weighted by molar-refractivity contribution is -0.124. The van der Waals surface area contributed by atoms with E-state index in [1.807, 2.05) is 34.9 Å². The van der Waals surface area contributed by atoms with Gasteiger partial charge in [0.2, 0.25) is 5.91 Å². The number of benzene rings is 1. The van der Waals surface area contributed by atoms with Gasteiger partial charge in [-0.15, -0.1) is 10.2 Å². The minimum Gasteiger partial charge on any atom is -0.383 e. The van der Waals surface area contributed by atoms with Crippen LogP contribution < -0.4 is 5.32 Å². The van der Waals surface area contributed by atoms with Crippen LogP contribution in [0.5, 0.6) is 0 Å². The molecule has 1 aliphatic rings. The fourth-order valence-corrected chi connectivity index (χ4v) is 3.00. The highest BCUT2D eigenvalue weighted by Gasteiger charge is 2.28. The maximum Gasteiger partial charge on any atom is 0.243 e. The maximum atomic E-state index is 12.6. The van der Waals surface area contributed by atoms with Gasteiger partial charge in [0.05, 0.1) is 6.61 Å². The van der Waals surface area contributed by atoms with Gasteiger partial charge in [-0.2, -0.15) is 0 Å². The molecule has 1 unspecified atom stereocenters. The molecule has 6 nitrogen and oxygen atoms in total. The molecule has 0 spiro atoms. The van der Waals surface area contributed by atoms with E-state index in [1.165, 1.54) is 0 Å². The third-order valence-electron chi connectivity index (χ3n) is 4.15. The smallest absolute Gasteiger partial charge is 0.243 e. The summed E-state index contributed by atoms with van der Waals surface area (Å²) in [6.07, 6.45) is 3.72. The molecule has 1 aromatic heterocycles. The molecule has 0 radical (unpaired) electrons. The van der Waals surface area contributed by atoms with Crippen molar-refractivity contribution in [1.82, 2.24) is 20.1 Å². The lowest BCUT2D eigenvalue weighted by Gasteiger charge is -2.19. The third-order valence-corrected chi connectivity index (χ3v) is 4.15. The molecule has 3 rings (SSSR count). The van der Waals surface area contributed by atoms with Crippen LogP contribution in [0, 0.1) is 0 Å². The van der Waals surface area contributed by atoms with E-state index in [-0.39, 0.29) is 11.9 Å². The van der Waals surface area contributed by atoms with Crippen LogP contribution in [0.15, 0.2) is 30.3 Å². The molecule has 122 valence electrons. The summed E-state index contributed by atoms with van der Waals surface area (Å²) in [5, 5.41) is 11.6. The average Bonchev–Trinajstić information content (AvgIpc) is 2.88. The second kappa shape index (κ2) is 7.37. The molecule has 2 heterocycles. The van der Waals surface area contributed by atoms with Crippen molar-refractivity contribution >= 4 is 5.91 Å². The van der Waals surface area contributed by atoms with Crippen molar-refractivity contribution in [2.45, 2.75) is 31.7 Å². The highest BCUT2D eigenvalue weighted by Crippen LogP contribution is 2.29. The first-order chi connectivity index (χ1) is 11.3. The number of fused-ring (bicyclic) bond motifs is 1. The van der Waals surface area contributed by atoms with Crippen LogP contribution in [0.1, 0.15) is 31.1 Å². The predicted molar refractivity (Wildman–Crippen MR) is 86.9 cm³/mol. The Morgan fingerprint density at radius 3 is 2.91 bits per heavy atom. The van der Waals surface area contributed by atoms with Gasteiger partial charge >= 0.3 is 0 Å². The summed E-state index contributed by atoms with van der Waals surface area (Å²) in [5.74, 6) is 1.69. The number of nitrogens with zero attached hydrogens (tertiary/aromatic N) is 3. The van der Waals surface area contributed by atoms with Crippen LogP contribution in [-0.2, 0) is 16.0 Å². The number of methoxy groups -OCH3 is 1. The Bertz CT molecular complexity index is 654. The standard InChI is InChI=1S/C17H22N4O2/c1-23-12-11-18-17(22)14-9-5-6-10-15-19-20-16(21(14)15)13-7-3-2-4-8-13/h2-4,7-8,14H,5-6,9-12H2,1H3,(H,18,22). The first-order valence-electron chi connectivity index (χ1n) is 8.07.